The first-order valence-corrected chi connectivity index (χ1v) is 5.30. The number of isothiocyanates is 1. The van der Waals surface area contributed by atoms with Crippen LogP contribution in [0.1, 0.15) is 16.7 Å². The molecule has 3 heteroatoms. The van der Waals surface area contributed by atoms with Gasteiger partial charge in [0.2, 0.25) is 0 Å². The fraction of sp³-hybridized carbons (Fsp3) is 0.417. The van der Waals surface area contributed by atoms with Crippen LogP contribution in [0.5, 0.6) is 5.75 Å². The second-order valence-electron chi connectivity index (χ2n) is 3.55. The zero-order chi connectivity index (χ0) is 11.3. The van der Waals surface area contributed by atoms with E-state index in [2.05, 4.69) is 55.3 Å². The molecular weight excluding hydrogens is 206 g/mol. The molecule has 1 rings (SSSR count). The normalized spacial score (nSPS) is 9.53. The number of rotatable bonds is 4. The summed E-state index contributed by atoms with van der Waals surface area (Å²) < 4.78 is 5.64. The molecule has 0 aliphatic heterocycles. The van der Waals surface area contributed by atoms with Gasteiger partial charge in [-0.25, -0.2) is 4.99 Å². The Morgan fingerprint density at radius 1 is 1.27 bits per heavy atom. The first-order valence-electron chi connectivity index (χ1n) is 4.89. The van der Waals surface area contributed by atoms with Crippen molar-refractivity contribution >= 4 is 17.4 Å². The van der Waals surface area contributed by atoms with Gasteiger partial charge in [0.15, 0.2) is 0 Å². The Bertz CT molecular complexity index is 372. The van der Waals surface area contributed by atoms with E-state index in [-0.39, 0.29) is 0 Å². The summed E-state index contributed by atoms with van der Waals surface area (Å²) in [6.45, 7) is 7.31. The van der Waals surface area contributed by atoms with E-state index < -0.39 is 0 Å². The molecule has 0 saturated carbocycles. The summed E-state index contributed by atoms with van der Waals surface area (Å²) in [4.78, 5) is 3.80. The number of benzene rings is 1. The van der Waals surface area contributed by atoms with E-state index >= 15 is 0 Å². The lowest BCUT2D eigenvalue weighted by Gasteiger charge is -2.11. The van der Waals surface area contributed by atoms with E-state index in [0.717, 1.165) is 5.75 Å². The summed E-state index contributed by atoms with van der Waals surface area (Å²) in [6.07, 6.45) is 0. The van der Waals surface area contributed by atoms with Gasteiger partial charge in [0.05, 0.1) is 11.7 Å². The molecule has 0 heterocycles. The average Bonchev–Trinajstić information content (AvgIpc) is 2.15. The number of thiocarbonyl (C=S) groups is 1. The Balaban J connectivity index is 2.72. The molecule has 0 aliphatic carbocycles. The van der Waals surface area contributed by atoms with Gasteiger partial charge in [-0.2, -0.15) is 0 Å². The molecule has 0 aromatic heterocycles. The first-order chi connectivity index (χ1) is 7.15. The van der Waals surface area contributed by atoms with Crippen molar-refractivity contribution in [3.8, 4) is 5.75 Å². The van der Waals surface area contributed by atoms with E-state index in [0.29, 0.717) is 13.2 Å². The molecule has 0 N–H and O–H groups in total. The minimum absolute atomic E-state index is 0.550. The number of hydrogen-bond donors (Lipinski definition) is 0. The van der Waals surface area contributed by atoms with Crippen LogP contribution in [0.25, 0.3) is 0 Å². The van der Waals surface area contributed by atoms with Crippen LogP contribution in [0.15, 0.2) is 17.1 Å². The summed E-state index contributed by atoms with van der Waals surface area (Å²) in [6, 6.07) is 4.23. The molecule has 0 amide bonds. The molecule has 0 unspecified atom stereocenters. The van der Waals surface area contributed by atoms with Gasteiger partial charge in [-0.05, 0) is 44.1 Å². The summed E-state index contributed by atoms with van der Waals surface area (Å²) in [7, 11) is 0. The van der Waals surface area contributed by atoms with E-state index in [9.17, 15) is 0 Å². The molecule has 0 spiro atoms. The summed E-state index contributed by atoms with van der Waals surface area (Å²) in [5.74, 6) is 0.958. The third-order valence-corrected chi connectivity index (χ3v) is 2.25. The van der Waals surface area contributed by atoms with Gasteiger partial charge in [-0.3, -0.25) is 0 Å². The molecule has 1 aromatic carbocycles. The molecule has 0 atom stereocenters. The fourth-order valence-corrected chi connectivity index (χ4v) is 1.72. The van der Waals surface area contributed by atoms with Crippen molar-refractivity contribution in [2.24, 2.45) is 4.99 Å². The van der Waals surface area contributed by atoms with Crippen molar-refractivity contribution in [2.45, 2.75) is 20.8 Å². The van der Waals surface area contributed by atoms with Crippen molar-refractivity contribution in [3.05, 3.63) is 28.8 Å². The lowest BCUT2D eigenvalue weighted by atomic mass is 10.1. The predicted molar refractivity (Wildman–Crippen MR) is 66.0 cm³/mol. The Labute approximate surface area is 96.0 Å². The van der Waals surface area contributed by atoms with Crippen molar-refractivity contribution in [1.82, 2.24) is 0 Å². The fourth-order valence-electron chi connectivity index (χ4n) is 1.63. The highest BCUT2D eigenvalue weighted by Gasteiger charge is 2.04. The van der Waals surface area contributed by atoms with Crippen LogP contribution in [0.4, 0.5) is 0 Å². The van der Waals surface area contributed by atoms with Crippen LogP contribution in [0.2, 0.25) is 0 Å². The van der Waals surface area contributed by atoms with Crippen molar-refractivity contribution in [2.75, 3.05) is 13.2 Å². The summed E-state index contributed by atoms with van der Waals surface area (Å²) in [5.41, 5.74) is 3.59. The highest BCUT2D eigenvalue weighted by molar-refractivity contribution is 7.78. The maximum Gasteiger partial charge on any atom is 0.125 e. The number of hydrogen-bond acceptors (Lipinski definition) is 3. The van der Waals surface area contributed by atoms with Gasteiger partial charge in [0.1, 0.15) is 12.4 Å². The van der Waals surface area contributed by atoms with Gasteiger partial charge >= 0.3 is 0 Å². The lowest BCUT2D eigenvalue weighted by Crippen LogP contribution is -2.03. The van der Waals surface area contributed by atoms with Crippen LogP contribution < -0.4 is 4.74 Å². The summed E-state index contributed by atoms with van der Waals surface area (Å²) >= 11 is 4.48. The van der Waals surface area contributed by atoms with Gasteiger partial charge in [-0.1, -0.05) is 17.7 Å². The Hall–Kier alpha value is -1.18. The summed E-state index contributed by atoms with van der Waals surface area (Å²) in [5, 5.41) is 2.32. The number of nitrogens with zero attached hydrogens (tertiary/aromatic N) is 1. The molecule has 15 heavy (non-hydrogen) atoms. The maximum absolute atomic E-state index is 5.64. The Morgan fingerprint density at radius 3 is 2.40 bits per heavy atom. The van der Waals surface area contributed by atoms with E-state index in [1.54, 1.807) is 0 Å². The van der Waals surface area contributed by atoms with Crippen LogP contribution in [0, 0.1) is 20.8 Å². The van der Waals surface area contributed by atoms with E-state index in [4.69, 9.17) is 4.74 Å². The molecule has 0 aliphatic rings. The second-order valence-corrected chi connectivity index (χ2v) is 3.73. The van der Waals surface area contributed by atoms with Crippen LogP contribution in [-0.2, 0) is 0 Å². The largest absolute Gasteiger partial charge is 0.491 e. The molecule has 2 nitrogen and oxygen atoms in total. The van der Waals surface area contributed by atoms with Gasteiger partial charge in [-0.15, -0.1) is 0 Å². The zero-order valence-corrected chi connectivity index (χ0v) is 10.1. The third-order valence-electron chi connectivity index (χ3n) is 2.12. The van der Waals surface area contributed by atoms with Crippen molar-refractivity contribution < 1.29 is 4.74 Å². The minimum Gasteiger partial charge on any atom is -0.491 e. The van der Waals surface area contributed by atoms with Crippen LogP contribution in [-0.4, -0.2) is 18.3 Å². The Morgan fingerprint density at radius 2 is 1.87 bits per heavy atom. The second kappa shape index (κ2) is 5.64. The average molecular weight is 221 g/mol. The Kier molecular flexibility index (Phi) is 4.47. The molecule has 0 fully saturated rings. The molecule has 1 aromatic rings. The monoisotopic (exact) mass is 221 g/mol. The molecule has 0 radical (unpaired) electrons. The standard InChI is InChI=1S/C12H15NOS/c1-9-6-10(2)12(11(3)7-9)14-5-4-13-8-15/h6-7H,4-5H2,1-3H3. The van der Waals surface area contributed by atoms with Crippen LogP contribution >= 0.6 is 12.2 Å². The number of aryl methyl sites for hydroxylation is 3. The van der Waals surface area contributed by atoms with Gasteiger partial charge in [0.25, 0.3) is 0 Å². The topological polar surface area (TPSA) is 21.6 Å². The van der Waals surface area contributed by atoms with Gasteiger partial charge < -0.3 is 4.74 Å². The zero-order valence-electron chi connectivity index (χ0n) is 9.33. The predicted octanol–water partition coefficient (Wildman–Crippen LogP) is 3.09. The quantitative estimate of drug-likeness (QED) is 0.442. The minimum atomic E-state index is 0.550. The molecule has 80 valence electrons. The number of ether oxygens (including phenoxy) is 1. The number of aliphatic imine (C=N–C) groups is 1. The van der Waals surface area contributed by atoms with E-state index in [1.165, 1.54) is 16.7 Å². The highest BCUT2D eigenvalue weighted by Crippen LogP contribution is 2.24. The maximum atomic E-state index is 5.64. The van der Waals surface area contributed by atoms with E-state index in [1.807, 2.05) is 0 Å². The highest BCUT2D eigenvalue weighted by atomic mass is 32.1. The lowest BCUT2D eigenvalue weighted by molar-refractivity contribution is 0.324. The van der Waals surface area contributed by atoms with Crippen LogP contribution in [0.3, 0.4) is 0 Å². The molecule has 0 saturated heterocycles. The third kappa shape index (κ3) is 3.46. The van der Waals surface area contributed by atoms with Crippen molar-refractivity contribution in [1.29, 1.82) is 0 Å². The molecule has 0 bridgehead atoms. The van der Waals surface area contributed by atoms with Gasteiger partial charge in [0, 0.05) is 0 Å². The SMILES string of the molecule is Cc1cc(C)c(OCCN=C=S)c(C)c1. The molecular formula is C12H15NOS. The first kappa shape index (κ1) is 11.9. The smallest absolute Gasteiger partial charge is 0.125 e. The van der Waals surface area contributed by atoms with Crippen molar-refractivity contribution in [3.63, 3.8) is 0 Å².